The van der Waals surface area contributed by atoms with Gasteiger partial charge in [0.05, 0.1) is 11.3 Å². The van der Waals surface area contributed by atoms with Crippen LogP contribution in [0.25, 0.3) is 33.6 Å². The van der Waals surface area contributed by atoms with Crippen LogP contribution in [0.3, 0.4) is 0 Å². The van der Waals surface area contributed by atoms with Crippen LogP contribution in [-0.4, -0.2) is 49.1 Å². The molecule has 6 nitrogen and oxygen atoms in total. The van der Waals surface area contributed by atoms with Gasteiger partial charge in [0, 0.05) is 56.1 Å². The zero-order chi connectivity index (χ0) is 23.8. The quantitative estimate of drug-likeness (QED) is 0.419. The van der Waals surface area contributed by atoms with Crippen LogP contribution in [-0.2, 0) is 0 Å². The largest absolute Gasteiger partial charge is 0.454 e. The van der Waals surface area contributed by atoms with Gasteiger partial charge in [0.1, 0.15) is 23.5 Å². The number of amides is 1. The summed E-state index contributed by atoms with van der Waals surface area (Å²) in [6.45, 7) is 0.920. The molecule has 3 heterocycles. The Balaban J connectivity index is 1.51. The van der Waals surface area contributed by atoms with Crippen molar-refractivity contribution in [2.24, 2.45) is 0 Å². The van der Waals surface area contributed by atoms with E-state index in [0.717, 1.165) is 22.4 Å². The van der Waals surface area contributed by atoms with E-state index in [1.54, 1.807) is 32.4 Å². The first-order chi connectivity index (χ1) is 16.4. The van der Waals surface area contributed by atoms with Crippen LogP contribution in [0.5, 0.6) is 0 Å². The van der Waals surface area contributed by atoms with Crippen LogP contribution in [0.4, 0.5) is 10.1 Å². The number of hydrogen-bond acceptors (Lipinski definition) is 5. The summed E-state index contributed by atoms with van der Waals surface area (Å²) in [5.41, 5.74) is 5.66. The van der Waals surface area contributed by atoms with Crippen molar-refractivity contribution in [1.29, 1.82) is 5.26 Å². The van der Waals surface area contributed by atoms with Gasteiger partial charge in [0.15, 0.2) is 5.58 Å². The van der Waals surface area contributed by atoms with Gasteiger partial charge in [-0.15, -0.1) is 0 Å². The zero-order valence-electron chi connectivity index (χ0n) is 19.0. The highest BCUT2D eigenvalue weighted by Gasteiger charge is 2.24. The van der Waals surface area contributed by atoms with Crippen molar-refractivity contribution in [3.05, 3.63) is 71.9 Å². The molecule has 0 N–H and O–H groups in total. The highest BCUT2D eigenvalue weighted by molar-refractivity contribution is 5.95. The first-order valence-corrected chi connectivity index (χ1v) is 11.1. The topological polar surface area (TPSA) is 73.4 Å². The van der Waals surface area contributed by atoms with Crippen molar-refractivity contribution in [2.45, 2.75) is 12.6 Å². The minimum atomic E-state index is -0.859. The van der Waals surface area contributed by atoms with Crippen LogP contribution >= 0.6 is 0 Å². The van der Waals surface area contributed by atoms with E-state index in [2.05, 4.69) is 11.1 Å². The fraction of sp³-hybridized carbons (Fsp3) is 0.222. The van der Waals surface area contributed by atoms with E-state index in [4.69, 9.17) is 4.42 Å². The molecule has 1 saturated heterocycles. The monoisotopic (exact) mass is 454 g/mol. The number of anilines is 1. The molecular formula is C27H23FN4O2. The molecule has 1 amide bonds. The van der Waals surface area contributed by atoms with Gasteiger partial charge in [-0.05, 0) is 42.3 Å². The Kier molecular flexibility index (Phi) is 5.50. The van der Waals surface area contributed by atoms with E-state index < -0.39 is 6.17 Å². The molecule has 1 fully saturated rings. The molecule has 2 aromatic carbocycles. The second-order valence-electron chi connectivity index (χ2n) is 8.64. The van der Waals surface area contributed by atoms with Gasteiger partial charge in [0.2, 0.25) is 0 Å². The normalized spacial score (nSPS) is 15.5. The van der Waals surface area contributed by atoms with Crippen molar-refractivity contribution in [3.63, 3.8) is 0 Å². The zero-order valence-corrected chi connectivity index (χ0v) is 19.0. The molecule has 0 radical (unpaired) electrons. The third kappa shape index (κ3) is 3.88. The predicted octanol–water partition coefficient (Wildman–Crippen LogP) is 5.28. The van der Waals surface area contributed by atoms with Crippen molar-refractivity contribution in [2.75, 3.05) is 32.1 Å². The number of nitrogens with zero attached hydrogens (tertiary/aromatic N) is 4. The Morgan fingerprint density at radius 1 is 1.15 bits per heavy atom. The first-order valence-electron chi connectivity index (χ1n) is 11.1. The van der Waals surface area contributed by atoms with E-state index in [1.807, 2.05) is 47.4 Å². The number of carbonyl (C=O) groups is 1. The minimum Gasteiger partial charge on any atom is -0.454 e. The maximum Gasteiger partial charge on any atom is 0.253 e. The number of fused-ring (bicyclic) bond motifs is 1. The number of pyridine rings is 1. The molecule has 4 aromatic rings. The Morgan fingerprint density at radius 3 is 2.59 bits per heavy atom. The van der Waals surface area contributed by atoms with Gasteiger partial charge in [-0.25, -0.2) is 4.39 Å². The molecule has 1 unspecified atom stereocenters. The van der Waals surface area contributed by atoms with Gasteiger partial charge >= 0.3 is 0 Å². The smallest absolute Gasteiger partial charge is 0.253 e. The Bertz CT molecular complexity index is 1420. The van der Waals surface area contributed by atoms with Crippen molar-refractivity contribution >= 4 is 22.7 Å². The standard InChI is InChI=1S/C27H23FN4O2/c1-31(2)27(33)18-5-3-17(4-6-18)25-14-23-26(34-25)22(9-11-30-23)19-7-8-24(20(13-19)15-29)32-12-10-21(28)16-32/h3-9,11,13-14,21H,10,12,16H2,1-2H3. The second-order valence-corrected chi connectivity index (χ2v) is 8.64. The molecule has 7 heteroatoms. The Hall–Kier alpha value is -4.18. The molecule has 0 saturated carbocycles. The Morgan fingerprint density at radius 2 is 1.91 bits per heavy atom. The molecule has 1 atom stereocenters. The van der Waals surface area contributed by atoms with Gasteiger partial charge in [-0.3, -0.25) is 9.78 Å². The average molecular weight is 455 g/mol. The molecular weight excluding hydrogens is 431 g/mol. The SMILES string of the molecule is CN(C)C(=O)c1ccc(-c2cc3nccc(-c4ccc(N5CCC(F)C5)c(C#N)c4)c3o2)cc1. The number of rotatable bonds is 4. The highest BCUT2D eigenvalue weighted by Crippen LogP contribution is 2.36. The molecule has 0 spiro atoms. The summed E-state index contributed by atoms with van der Waals surface area (Å²) in [4.78, 5) is 20.1. The average Bonchev–Trinajstić information content (AvgIpc) is 3.49. The van der Waals surface area contributed by atoms with Gasteiger partial charge in [-0.2, -0.15) is 5.26 Å². The maximum atomic E-state index is 13.7. The lowest BCUT2D eigenvalue weighted by Gasteiger charge is -2.19. The molecule has 34 heavy (non-hydrogen) atoms. The third-order valence-electron chi connectivity index (χ3n) is 6.13. The summed E-state index contributed by atoms with van der Waals surface area (Å²) >= 11 is 0. The maximum absolute atomic E-state index is 13.7. The predicted molar refractivity (Wildman–Crippen MR) is 129 cm³/mol. The summed E-state index contributed by atoms with van der Waals surface area (Å²) in [7, 11) is 3.44. The van der Waals surface area contributed by atoms with E-state index in [0.29, 0.717) is 47.5 Å². The molecule has 170 valence electrons. The summed E-state index contributed by atoms with van der Waals surface area (Å²) in [5, 5.41) is 9.74. The van der Waals surface area contributed by atoms with Gasteiger partial charge in [-0.1, -0.05) is 18.2 Å². The molecule has 1 aliphatic rings. The number of hydrogen-bond donors (Lipinski definition) is 0. The van der Waals surface area contributed by atoms with E-state index in [9.17, 15) is 14.4 Å². The van der Waals surface area contributed by atoms with Crippen molar-refractivity contribution < 1.29 is 13.6 Å². The molecule has 1 aliphatic heterocycles. The summed E-state index contributed by atoms with van der Waals surface area (Å²) < 4.78 is 19.9. The van der Waals surface area contributed by atoms with E-state index >= 15 is 0 Å². The second kappa shape index (κ2) is 8.64. The Labute approximate surface area is 196 Å². The number of halogens is 1. The van der Waals surface area contributed by atoms with Crippen LogP contribution in [0.15, 0.2) is 65.2 Å². The van der Waals surface area contributed by atoms with Crippen LogP contribution in [0.1, 0.15) is 22.3 Å². The lowest BCUT2D eigenvalue weighted by molar-refractivity contribution is 0.0827. The van der Waals surface area contributed by atoms with Crippen molar-refractivity contribution in [3.8, 4) is 28.5 Å². The number of benzene rings is 2. The summed E-state index contributed by atoms with van der Waals surface area (Å²) in [5.74, 6) is 0.579. The number of furan rings is 1. The van der Waals surface area contributed by atoms with E-state index in [-0.39, 0.29) is 5.91 Å². The molecule has 2 aromatic heterocycles. The molecule has 0 aliphatic carbocycles. The minimum absolute atomic E-state index is 0.0622. The number of carbonyl (C=O) groups excluding carboxylic acids is 1. The third-order valence-corrected chi connectivity index (χ3v) is 6.13. The number of aromatic nitrogens is 1. The number of nitriles is 1. The van der Waals surface area contributed by atoms with Gasteiger partial charge in [0.25, 0.3) is 5.91 Å². The lowest BCUT2D eigenvalue weighted by atomic mass is 10.0. The van der Waals surface area contributed by atoms with Crippen molar-refractivity contribution in [1.82, 2.24) is 9.88 Å². The fourth-order valence-corrected chi connectivity index (χ4v) is 4.35. The van der Waals surface area contributed by atoms with Crippen LogP contribution < -0.4 is 4.90 Å². The van der Waals surface area contributed by atoms with Gasteiger partial charge < -0.3 is 14.2 Å². The first kappa shape index (κ1) is 21.7. The molecule has 5 rings (SSSR count). The highest BCUT2D eigenvalue weighted by atomic mass is 19.1. The number of alkyl halides is 1. The fourth-order valence-electron chi connectivity index (χ4n) is 4.35. The summed E-state index contributed by atoms with van der Waals surface area (Å²) in [6.07, 6.45) is 1.34. The van der Waals surface area contributed by atoms with Crippen LogP contribution in [0, 0.1) is 11.3 Å². The molecule has 0 bridgehead atoms. The van der Waals surface area contributed by atoms with E-state index in [1.165, 1.54) is 4.90 Å². The van der Waals surface area contributed by atoms with Crippen LogP contribution in [0.2, 0.25) is 0 Å². The summed E-state index contributed by atoms with van der Waals surface area (Å²) in [6, 6.07) is 18.9. The lowest BCUT2D eigenvalue weighted by Crippen LogP contribution is -2.21.